The Morgan fingerprint density at radius 3 is 2.58 bits per heavy atom. The third-order valence-electron chi connectivity index (χ3n) is 4.42. The van der Waals surface area contributed by atoms with Gasteiger partial charge < -0.3 is 10.2 Å². The summed E-state index contributed by atoms with van der Waals surface area (Å²) >= 11 is 0. The van der Waals surface area contributed by atoms with Crippen LogP contribution in [-0.4, -0.2) is 27.9 Å². The minimum absolute atomic E-state index is 0.120. The van der Waals surface area contributed by atoms with Gasteiger partial charge in [0.2, 0.25) is 5.91 Å². The van der Waals surface area contributed by atoms with E-state index in [-0.39, 0.29) is 17.2 Å². The standard InChI is InChI=1S/C19H23N3O3S/c1-3-4-11-22(2)16-7-5-15(6-8-16)21-26(24,25)17-9-10-18-14(12-17)13-19(23)20-18/h5-10,12,21H,3-4,11,13H2,1-2H3,(H,20,23). The smallest absolute Gasteiger partial charge is 0.261 e. The van der Waals surface area contributed by atoms with E-state index in [4.69, 9.17) is 0 Å². The molecule has 1 aliphatic heterocycles. The molecule has 138 valence electrons. The van der Waals surface area contributed by atoms with Gasteiger partial charge in [-0.15, -0.1) is 0 Å². The van der Waals surface area contributed by atoms with Crippen LogP contribution in [0.15, 0.2) is 47.4 Å². The number of hydrogen-bond donors (Lipinski definition) is 2. The molecule has 2 aromatic rings. The molecule has 0 aromatic heterocycles. The molecule has 0 radical (unpaired) electrons. The van der Waals surface area contributed by atoms with Crippen LogP contribution in [0.2, 0.25) is 0 Å². The van der Waals surface area contributed by atoms with Crippen LogP contribution in [0.3, 0.4) is 0 Å². The highest BCUT2D eigenvalue weighted by Gasteiger charge is 2.21. The first-order valence-corrected chi connectivity index (χ1v) is 10.1. The molecule has 1 aliphatic rings. The number of rotatable bonds is 7. The van der Waals surface area contributed by atoms with Crippen molar-refractivity contribution in [3.8, 4) is 0 Å². The molecular formula is C19H23N3O3S. The number of carbonyl (C=O) groups excluding carboxylic acids is 1. The molecule has 2 aromatic carbocycles. The Hall–Kier alpha value is -2.54. The van der Waals surface area contributed by atoms with Gasteiger partial charge in [-0.1, -0.05) is 13.3 Å². The highest BCUT2D eigenvalue weighted by molar-refractivity contribution is 7.92. The number of carbonyl (C=O) groups is 1. The molecule has 0 aliphatic carbocycles. The first-order valence-electron chi connectivity index (χ1n) is 8.66. The fraction of sp³-hybridized carbons (Fsp3) is 0.316. The highest BCUT2D eigenvalue weighted by atomic mass is 32.2. The molecule has 0 spiro atoms. The second kappa shape index (κ2) is 7.37. The number of sulfonamides is 1. The third-order valence-corrected chi connectivity index (χ3v) is 5.80. The van der Waals surface area contributed by atoms with Crippen LogP contribution < -0.4 is 14.9 Å². The summed E-state index contributed by atoms with van der Waals surface area (Å²) in [6.07, 6.45) is 2.45. The van der Waals surface area contributed by atoms with Gasteiger partial charge in [-0.25, -0.2) is 8.42 Å². The highest BCUT2D eigenvalue weighted by Crippen LogP contribution is 2.27. The first-order chi connectivity index (χ1) is 12.4. The number of hydrogen-bond acceptors (Lipinski definition) is 4. The summed E-state index contributed by atoms with van der Waals surface area (Å²) < 4.78 is 27.8. The second-order valence-electron chi connectivity index (χ2n) is 6.47. The molecule has 0 saturated heterocycles. The van der Waals surface area contributed by atoms with Gasteiger partial charge in [0.1, 0.15) is 0 Å². The Balaban J connectivity index is 1.74. The van der Waals surface area contributed by atoms with Gasteiger partial charge in [-0.2, -0.15) is 0 Å². The lowest BCUT2D eigenvalue weighted by Gasteiger charge is -2.19. The van der Waals surface area contributed by atoms with Gasteiger partial charge in [0.05, 0.1) is 11.3 Å². The number of amides is 1. The molecule has 0 fully saturated rings. The number of fused-ring (bicyclic) bond motifs is 1. The Kier molecular flexibility index (Phi) is 5.18. The van der Waals surface area contributed by atoms with Gasteiger partial charge in [0, 0.05) is 30.7 Å². The van der Waals surface area contributed by atoms with Crippen molar-refractivity contribution in [3.05, 3.63) is 48.0 Å². The van der Waals surface area contributed by atoms with Crippen molar-refractivity contribution in [2.24, 2.45) is 0 Å². The van der Waals surface area contributed by atoms with Crippen LogP contribution in [-0.2, 0) is 21.2 Å². The average molecular weight is 373 g/mol. The van der Waals surface area contributed by atoms with Crippen molar-refractivity contribution in [2.75, 3.05) is 28.5 Å². The Labute approximate surface area is 154 Å². The van der Waals surface area contributed by atoms with Crippen LogP contribution in [0.1, 0.15) is 25.3 Å². The molecule has 0 atom stereocenters. The molecule has 6 nitrogen and oxygen atoms in total. The average Bonchev–Trinajstić information content (AvgIpc) is 2.99. The molecule has 26 heavy (non-hydrogen) atoms. The van der Waals surface area contributed by atoms with E-state index in [1.165, 1.54) is 6.07 Å². The number of unbranched alkanes of at least 4 members (excludes halogenated alkanes) is 1. The fourth-order valence-electron chi connectivity index (χ4n) is 2.90. The number of nitrogens with zero attached hydrogens (tertiary/aromatic N) is 1. The number of anilines is 3. The number of nitrogens with one attached hydrogen (secondary N) is 2. The van der Waals surface area contributed by atoms with E-state index in [9.17, 15) is 13.2 Å². The lowest BCUT2D eigenvalue weighted by atomic mass is 10.2. The van der Waals surface area contributed by atoms with E-state index >= 15 is 0 Å². The maximum Gasteiger partial charge on any atom is 0.261 e. The first kappa shape index (κ1) is 18.3. The predicted molar refractivity (Wildman–Crippen MR) is 104 cm³/mol. The van der Waals surface area contributed by atoms with Crippen molar-refractivity contribution in [2.45, 2.75) is 31.1 Å². The van der Waals surface area contributed by atoms with Crippen molar-refractivity contribution in [1.82, 2.24) is 0 Å². The van der Waals surface area contributed by atoms with Crippen LogP contribution in [0, 0.1) is 0 Å². The second-order valence-corrected chi connectivity index (χ2v) is 8.15. The minimum Gasteiger partial charge on any atom is -0.375 e. The summed E-state index contributed by atoms with van der Waals surface area (Å²) in [5.74, 6) is -0.120. The molecule has 7 heteroatoms. The van der Waals surface area contributed by atoms with Gasteiger partial charge in [-0.05, 0) is 54.4 Å². The summed E-state index contributed by atoms with van der Waals surface area (Å²) in [4.78, 5) is 13.7. The van der Waals surface area contributed by atoms with Crippen molar-refractivity contribution in [3.63, 3.8) is 0 Å². The van der Waals surface area contributed by atoms with Gasteiger partial charge >= 0.3 is 0 Å². The molecule has 2 N–H and O–H groups in total. The van der Waals surface area contributed by atoms with E-state index in [1.54, 1.807) is 24.3 Å². The molecule has 1 amide bonds. The zero-order valence-electron chi connectivity index (χ0n) is 15.0. The van der Waals surface area contributed by atoms with E-state index < -0.39 is 10.0 Å². The van der Waals surface area contributed by atoms with E-state index in [2.05, 4.69) is 21.9 Å². The molecule has 0 bridgehead atoms. The summed E-state index contributed by atoms with van der Waals surface area (Å²) in [5.41, 5.74) is 2.93. The zero-order valence-corrected chi connectivity index (χ0v) is 15.8. The van der Waals surface area contributed by atoms with Crippen LogP contribution in [0.4, 0.5) is 17.1 Å². The summed E-state index contributed by atoms with van der Waals surface area (Å²) in [7, 11) is -1.68. The fourth-order valence-corrected chi connectivity index (χ4v) is 4.00. The third kappa shape index (κ3) is 3.99. The summed E-state index contributed by atoms with van der Waals surface area (Å²) in [6, 6.07) is 12.0. The molecule has 3 rings (SSSR count). The topological polar surface area (TPSA) is 78.5 Å². The van der Waals surface area contributed by atoms with Crippen LogP contribution in [0.5, 0.6) is 0 Å². The van der Waals surface area contributed by atoms with E-state index in [0.717, 1.165) is 25.1 Å². The Morgan fingerprint density at radius 2 is 1.88 bits per heavy atom. The largest absolute Gasteiger partial charge is 0.375 e. The maximum absolute atomic E-state index is 12.6. The van der Waals surface area contributed by atoms with Crippen molar-refractivity contribution >= 4 is 33.0 Å². The Morgan fingerprint density at radius 1 is 1.15 bits per heavy atom. The van der Waals surface area contributed by atoms with Gasteiger partial charge in [0.15, 0.2) is 0 Å². The zero-order chi connectivity index (χ0) is 18.7. The van der Waals surface area contributed by atoms with Crippen molar-refractivity contribution < 1.29 is 13.2 Å². The van der Waals surface area contributed by atoms with Crippen LogP contribution in [0.25, 0.3) is 0 Å². The van der Waals surface area contributed by atoms with Crippen molar-refractivity contribution in [1.29, 1.82) is 0 Å². The predicted octanol–water partition coefficient (Wildman–Crippen LogP) is 3.22. The van der Waals surface area contributed by atoms with E-state index in [0.29, 0.717) is 16.9 Å². The molecule has 1 heterocycles. The van der Waals surface area contributed by atoms with Gasteiger partial charge in [0.25, 0.3) is 10.0 Å². The summed E-state index contributed by atoms with van der Waals surface area (Å²) in [6.45, 7) is 3.11. The normalized spacial score (nSPS) is 13.2. The molecule has 0 unspecified atom stereocenters. The SMILES string of the molecule is CCCCN(C)c1ccc(NS(=O)(=O)c2ccc3c(c2)CC(=O)N3)cc1. The molecule has 0 saturated carbocycles. The lowest BCUT2D eigenvalue weighted by Crippen LogP contribution is -2.18. The lowest BCUT2D eigenvalue weighted by molar-refractivity contribution is -0.115. The monoisotopic (exact) mass is 373 g/mol. The number of benzene rings is 2. The van der Waals surface area contributed by atoms with E-state index in [1.807, 2.05) is 19.2 Å². The van der Waals surface area contributed by atoms with Crippen LogP contribution >= 0.6 is 0 Å². The Bertz CT molecular complexity index is 908. The molecular weight excluding hydrogens is 350 g/mol. The summed E-state index contributed by atoms with van der Waals surface area (Å²) in [5, 5.41) is 2.70. The maximum atomic E-state index is 12.6. The minimum atomic E-state index is -3.70. The van der Waals surface area contributed by atoms with Gasteiger partial charge in [-0.3, -0.25) is 9.52 Å². The quantitative estimate of drug-likeness (QED) is 0.781.